The first-order valence-corrected chi connectivity index (χ1v) is 4.40. The van der Waals surface area contributed by atoms with Crippen molar-refractivity contribution in [2.24, 2.45) is 0 Å². The van der Waals surface area contributed by atoms with E-state index < -0.39 is 0 Å². The molecule has 0 saturated heterocycles. The van der Waals surface area contributed by atoms with Gasteiger partial charge in [0, 0.05) is 6.20 Å². The summed E-state index contributed by atoms with van der Waals surface area (Å²) in [7, 11) is 0. The standard InChI is InChI=1S/C10H8N4/c1-6-13-8-5-12-7-3-2-4-11-9(7)10(8)14-6/h2-5H,1H3,(H,13,14). The molecule has 0 aliphatic heterocycles. The zero-order valence-electron chi connectivity index (χ0n) is 7.65. The molecule has 1 N–H and O–H groups in total. The minimum atomic E-state index is 0.869. The lowest BCUT2D eigenvalue weighted by atomic mass is 10.3. The van der Waals surface area contributed by atoms with Gasteiger partial charge >= 0.3 is 0 Å². The van der Waals surface area contributed by atoms with E-state index in [1.807, 2.05) is 19.1 Å². The number of aromatic nitrogens is 4. The normalized spacial score (nSPS) is 11.2. The fraction of sp³-hybridized carbons (Fsp3) is 0.100. The molecule has 0 bridgehead atoms. The van der Waals surface area contributed by atoms with E-state index in [9.17, 15) is 0 Å². The van der Waals surface area contributed by atoms with Crippen molar-refractivity contribution in [2.45, 2.75) is 6.92 Å². The number of aromatic amines is 1. The maximum absolute atomic E-state index is 4.31. The maximum atomic E-state index is 4.31. The number of imidazole rings is 1. The van der Waals surface area contributed by atoms with Crippen LogP contribution in [-0.4, -0.2) is 19.9 Å². The summed E-state index contributed by atoms with van der Waals surface area (Å²) in [4.78, 5) is 16.1. The molecule has 0 radical (unpaired) electrons. The summed E-state index contributed by atoms with van der Waals surface area (Å²) in [5.74, 6) is 0.889. The molecule has 3 aromatic rings. The highest BCUT2D eigenvalue weighted by Crippen LogP contribution is 2.18. The lowest BCUT2D eigenvalue weighted by Gasteiger charge is -1.94. The zero-order valence-corrected chi connectivity index (χ0v) is 7.65. The Morgan fingerprint density at radius 3 is 3.07 bits per heavy atom. The summed E-state index contributed by atoms with van der Waals surface area (Å²) in [6.45, 7) is 1.93. The molecule has 68 valence electrons. The Balaban J connectivity index is 2.60. The Morgan fingerprint density at radius 2 is 2.14 bits per heavy atom. The third kappa shape index (κ3) is 0.907. The van der Waals surface area contributed by atoms with Crippen LogP contribution < -0.4 is 0 Å². The van der Waals surface area contributed by atoms with Crippen LogP contribution in [0.15, 0.2) is 24.5 Å². The number of fused-ring (bicyclic) bond motifs is 3. The van der Waals surface area contributed by atoms with Gasteiger partial charge < -0.3 is 4.98 Å². The fourth-order valence-corrected chi connectivity index (χ4v) is 1.61. The lowest BCUT2D eigenvalue weighted by Crippen LogP contribution is -1.83. The lowest BCUT2D eigenvalue weighted by molar-refractivity contribution is 1.17. The van der Waals surface area contributed by atoms with Crippen molar-refractivity contribution in [3.05, 3.63) is 30.4 Å². The number of H-pyrrole nitrogens is 1. The van der Waals surface area contributed by atoms with Crippen LogP contribution >= 0.6 is 0 Å². The highest BCUT2D eigenvalue weighted by atomic mass is 14.9. The van der Waals surface area contributed by atoms with E-state index >= 15 is 0 Å². The van der Waals surface area contributed by atoms with Gasteiger partial charge in [0.15, 0.2) is 0 Å². The molecule has 0 fully saturated rings. The molecule has 0 aromatic carbocycles. The number of rotatable bonds is 0. The molecule has 4 nitrogen and oxygen atoms in total. The minimum absolute atomic E-state index is 0.869. The molecule has 0 saturated carbocycles. The van der Waals surface area contributed by atoms with Gasteiger partial charge in [0.2, 0.25) is 0 Å². The van der Waals surface area contributed by atoms with Crippen LogP contribution in [-0.2, 0) is 0 Å². The van der Waals surface area contributed by atoms with Crippen molar-refractivity contribution in [1.82, 2.24) is 19.9 Å². The van der Waals surface area contributed by atoms with Crippen LogP contribution in [0, 0.1) is 6.92 Å². The van der Waals surface area contributed by atoms with Gasteiger partial charge in [0.25, 0.3) is 0 Å². The second-order valence-electron chi connectivity index (χ2n) is 3.21. The van der Waals surface area contributed by atoms with Crippen molar-refractivity contribution < 1.29 is 0 Å². The highest BCUT2D eigenvalue weighted by molar-refractivity contribution is 5.98. The van der Waals surface area contributed by atoms with Crippen molar-refractivity contribution >= 4 is 22.1 Å². The third-order valence-corrected chi connectivity index (χ3v) is 2.20. The second kappa shape index (κ2) is 2.51. The Bertz CT molecular complexity index is 612. The van der Waals surface area contributed by atoms with Crippen molar-refractivity contribution in [1.29, 1.82) is 0 Å². The zero-order chi connectivity index (χ0) is 9.54. The largest absolute Gasteiger partial charge is 0.340 e. The second-order valence-corrected chi connectivity index (χ2v) is 3.21. The quantitative estimate of drug-likeness (QED) is 0.579. The van der Waals surface area contributed by atoms with Crippen molar-refractivity contribution in [2.75, 3.05) is 0 Å². The van der Waals surface area contributed by atoms with Gasteiger partial charge in [-0.25, -0.2) is 4.98 Å². The van der Waals surface area contributed by atoms with Gasteiger partial charge in [-0.1, -0.05) is 0 Å². The summed E-state index contributed by atoms with van der Waals surface area (Å²) in [6.07, 6.45) is 3.53. The van der Waals surface area contributed by atoms with Crippen LogP contribution in [0.4, 0.5) is 0 Å². The van der Waals surface area contributed by atoms with Crippen LogP contribution in [0.3, 0.4) is 0 Å². The van der Waals surface area contributed by atoms with E-state index in [1.54, 1.807) is 12.4 Å². The SMILES string of the molecule is Cc1nc2cnc3cccnc3c2[nH]1. The number of hydrogen-bond acceptors (Lipinski definition) is 3. The third-order valence-electron chi connectivity index (χ3n) is 2.20. The van der Waals surface area contributed by atoms with Gasteiger partial charge in [0.05, 0.1) is 17.2 Å². The molecule has 3 heterocycles. The first-order chi connectivity index (χ1) is 6.84. The Kier molecular flexibility index (Phi) is 1.33. The average molecular weight is 184 g/mol. The van der Waals surface area contributed by atoms with Gasteiger partial charge in [-0.3, -0.25) is 9.97 Å². The molecule has 3 rings (SSSR count). The molecular formula is C10H8N4. The number of nitrogens with zero attached hydrogens (tertiary/aromatic N) is 3. The van der Waals surface area contributed by atoms with Crippen molar-refractivity contribution in [3.63, 3.8) is 0 Å². The molecule has 3 aromatic heterocycles. The van der Waals surface area contributed by atoms with E-state index in [0.717, 1.165) is 27.9 Å². The monoisotopic (exact) mass is 184 g/mol. The van der Waals surface area contributed by atoms with Gasteiger partial charge in [-0.2, -0.15) is 0 Å². The van der Waals surface area contributed by atoms with Gasteiger partial charge in [-0.15, -0.1) is 0 Å². The topological polar surface area (TPSA) is 54.5 Å². The van der Waals surface area contributed by atoms with Crippen molar-refractivity contribution in [3.8, 4) is 0 Å². The molecule has 4 heteroatoms. The van der Waals surface area contributed by atoms with Crippen LogP contribution in [0.5, 0.6) is 0 Å². The number of pyridine rings is 2. The molecular weight excluding hydrogens is 176 g/mol. The first-order valence-electron chi connectivity index (χ1n) is 4.40. The van der Waals surface area contributed by atoms with E-state index in [0.29, 0.717) is 0 Å². The number of aryl methyl sites for hydroxylation is 1. The Morgan fingerprint density at radius 1 is 1.21 bits per heavy atom. The van der Waals surface area contributed by atoms with Crippen LogP contribution in [0.25, 0.3) is 22.1 Å². The van der Waals surface area contributed by atoms with Gasteiger partial charge in [0.1, 0.15) is 16.9 Å². The number of hydrogen-bond donors (Lipinski definition) is 1. The summed E-state index contributed by atoms with van der Waals surface area (Å²) in [5.41, 5.74) is 3.61. The van der Waals surface area contributed by atoms with Crippen LogP contribution in [0.2, 0.25) is 0 Å². The molecule has 0 unspecified atom stereocenters. The summed E-state index contributed by atoms with van der Waals surface area (Å²) >= 11 is 0. The van der Waals surface area contributed by atoms with E-state index in [1.165, 1.54) is 0 Å². The Hall–Kier alpha value is -1.97. The van der Waals surface area contributed by atoms with E-state index in [-0.39, 0.29) is 0 Å². The summed E-state index contributed by atoms with van der Waals surface area (Å²) in [6, 6.07) is 3.82. The smallest absolute Gasteiger partial charge is 0.114 e. The molecule has 0 aliphatic rings. The molecule has 0 amide bonds. The predicted molar refractivity (Wildman–Crippen MR) is 53.9 cm³/mol. The average Bonchev–Trinajstić information content (AvgIpc) is 2.59. The highest BCUT2D eigenvalue weighted by Gasteiger charge is 2.05. The van der Waals surface area contributed by atoms with E-state index in [2.05, 4.69) is 19.9 Å². The predicted octanol–water partition coefficient (Wildman–Crippen LogP) is 1.81. The number of nitrogens with one attached hydrogen (secondary N) is 1. The molecule has 0 spiro atoms. The molecule has 0 atom stereocenters. The summed E-state index contributed by atoms with van der Waals surface area (Å²) < 4.78 is 0. The fourth-order valence-electron chi connectivity index (χ4n) is 1.61. The maximum Gasteiger partial charge on any atom is 0.114 e. The molecule has 14 heavy (non-hydrogen) atoms. The summed E-state index contributed by atoms with van der Waals surface area (Å²) in [5, 5.41) is 0. The van der Waals surface area contributed by atoms with E-state index in [4.69, 9.17) is 0 Å². The minimum Gasteiger partial charge on any atom is -0.340 e. The van der Waals surface area contributed by atoms with Crippen LogP contribution in [0.1, 0.15) is 5.82 Å². The van der Waals surface area contributed by atoms with Gasteiger partial charge in [-0.05, 0) is 19.1 Å². The molecule has 0 aliphatic carbocycles. The Labute approximate surface area is 80.0 Å². The first kappa shape index (κ1) is 7.44.